The summed E-state index contributed by atoms with van der Waals surface area (Å²) in [7, 11) is 0. The molecular formula is C22H24F3N3O3. The van der Waals surface area contributed by atoms with Gasteiger partial charge in [0, 0.05) is 18.2 Å². The van der Waals surface area contributed by atoms with Gasteiger partial charge in [-0.3, -0.25) is 0 Å². The van der Waals surface area contributed by atoms with Gasteiger partial charge >= 0.3 is 6.18 Å². The van der Waals surface area contributed by atoms with Crippen molar-refractivity contribution in [2.24, 2.45) is 4.99 Å². The van der Waals surface area contributed by atoms with Gasteiger partial charge in [-0.15, -0.1) is 5.48 Å². The van der Waals surface area contributed by atoms with Crippen LogP contribution in [0.5, 0.6) is 5.75 Å². The number of hydroxylamine groups is 1. The van der Waals surface area contributed by atoms with Crippen molar-refractivity contribution < 1.29 is 27.9 Å². The van der Waals surface area contributed by atoms with E-state index >= 15 is 0 Å². The van der Waals surface area contributed by atoms with Crippen LogP contribution in [0.15, 0.2) is 41.4 Å². The van der Waals surface area contributed by atoms with E-state index < -0.39 is 17.9 Å². The number of benzene rings is 2. The first kappa shape index (κ1) is 21.6. The first-order valence-corrected chi connectivity index (χ1v) is 10.2. The van der Waals surface area contributed by atoms with Crippen LogP contribution in [0.2, 0.25) is 0 Å². The van der Waals surface area contributed by atoms with Crippen molar-refractivity contribution >= 4 is 5.90 Å². The predicted molar refractivity (Wildman–Crippen MR) is 109 cm³/mol. The summed E-state index contributed by atoms with van der Waals surface area (Å²) in [4.78, 5) is 9.98. The smallest absolute Gasteiger partial charge is 0.419 e. The summed E-state index contributed by atoms with van der Waals surface area (Å²) < 4.78 is 45.5. The number of hydrogen-bond donors (Lipinski definition) is 3. The zero-order valence-electron chi connectivity index (χ0n) is 17.0. The number of rotatable bonds is 7. The number of alkyl halides is 3. The van der Waals surface area contributed by atoms with E-state index in [1.165, 1.54) is 12.1 Å². The summed E-state index contributed by atoms with van der Waals surface area (Å²) in [6.07, 6.45) is -3.31. The zero-order valence-corrected chi connectivity index (χ0v) is 17.0. The Balaban J connectivity index is 1.62. The molecule has 2 aromatic rings. The molecular weight excluding hydrogens is 411 g/mol. The Hall–Kier alpha value is -2.62. The van der Waals surface area contributed by atoms with Crippen LogP contribution in [-0.4, -0.2) is 30.8 Å². The normalized spacial score (nSPS) is 20.4. The van der Waals surface area contributed by atoms with Crippen LogP contribution in [-0.2, 0) is 17.4 Å². The van der Waals surface area contributed by atoms with E-state index in [9.17, 15) is 13.2 Å². The predicted octanol–water partition coefficient (Wildman–Crippen LogP) is 3.65. The minimum atomic E-state index is -4.55. The highest BCUT2D eigenvalue weighted by atomic mass is 19.4. The lowest BCUT2D eigenvalue weighted by Crippen LogP contribution is -2.22. The maximum absolute atomic E-state index is 13.5. The van der Waals surface area contributed by atoms with E-state index in [4.69, 9.17) is 14.7 Å². The summed E-state index contributed by atoms with van der Waals surface area (Å²) in [5, 5.41) is 12.4. The Morgan fingerprint density at radius 1 is 1.26 bits per heavy atom. The minimum absolute atomic E-state index is 0.0686. The molecule has 1 aliphatic heterocycles. The summed E-state index contributed by atoms with van der Waals surface area (Å²) in [6.45, 7) is 2.35. The van der Waals surface area contributed by atoms with Crippen LogP contribution in [0.3, 0.4) is 0 Å². The maximum atomic E-state index is 13.5. The zero-order chi connectivity index (χ0) is 22.0. The van der Waals surface area contributed by atoms with E-state index in [-0.39, 0.29) is 36.5 Å². The third-order valence-electron chi connectivity index (χ3n) is 5.45. The number of halogens is 3. The fourth-order valence-electron chi connectivity index (χ4n) is 4.10. The van der Waals surface area contributed by atoms with Gasteiger partial charge in [0.1, 0.15) is 5.75 Å². The van der Waals surface area contributed by atoms with Gasteiger partial charge in [0.25, 0.3) is 0 Å². The largest absolute Gasteiger partial charge is 0.493 e. The number of hydrogen-bond acceptors (Lipinski definition) is 6. The Morgan fingerprint density at radius 3 is 2.81 bits per heavy atom. The average molecular weight is 435 g/mol. The molecule has 9 heteroatoms. The fourth-order valence-corrected chi connectivity index (χ4v) is 4.10. The number of ether oxygens (including phenoxy) is 1. The van der Waals surface area contributed by atoms with Gasteiger partial charge in [-0.05, 0) is 54.7 Å². The Labute approximate surface area is 178 Å². The van der Waals surface area contributed by atoms with Crippen LogP contribution in [0.4, 0.5) is 13.2 Å². The quantitative estimate of drug-likeness (QED) is 0.619. The van der Waals surface area contributed by atoms with Crippen LogP contribution in [0.1, 0.15) is 53.4 Å². The van der Waals surface area contributed by atoms with Gasteiger partial charge in [-0.25, -0.2) is 4.99 Å². The Kier molecular flexibility index (Phi) is 6.17. The highest BCUT2D eigenvalue weighted by molar-refractivity contribution is 5.95. The number of aliphatic imine (C=N–C) groups is 1. The minimum Gasteiger partial charge on any atom is -0.493 e. The van der Waals surface area contributed by atoms with Crippen molar-refractivity contribution in [1.82, 2.24) is 10.8 Å². The van der Waals surface area contributed by atoms with E-state index in [1.807, 2.05) is 18.2 Å². The highest BCUT2D eigenvalue weighted by Gasteiger charge is 2.36. The third-order valence-corrected chi connectivity index (χ3v) is 5.45. The van der Waals surface area contributed by atoms with Gasteiger partial charge < -0.3 is 20.0 Å². The van der Waals surface area contributed by atoms with Gasteiger partial charge in [-0.1, -0.05) is 18.2 Å². The van der Waals surface area contributed by atoms with E-state index in [2.05, 4.69) is 15.8 Å². The number of aliphatic hydroxyl groups is 1. The van der Waals surface area contributed by atoms with E-state index in [1.54, 1.807) is 6.92 Å². The summed E-state index contributed by atoms with van der Waals surface area (Å²) >= 11 is 0. The molecule has 0 saturated heterocycles. The maximum Gasteiger partial charge on any atom is 0.419 e. The van der Waals surface area contributed by atoms with Gasteiger partial charge in [0.15, 0.2) is 6.17 Å². The molecule has 0 bridgehead atoms. The molecule has 6 nitrogen and oxygen atoms in total. The molecule has 3 N–H and O–H groups in total. The fraction of sp³-hybridized carbons (Fsp3) is 0.409. The van der Waals surface area contributed by atoms with Crippen molar-refractivity contribution in [3.63, 3.8) is 0 Å². The first-order valence-electron chi connectivity index (χ1n) is 10.2. The first-order chi connectivity index (χ1) is 14.9. The van der Waals surface area contributed by atoms with Crippen molar-refractivity contribution in [2.45, 2.75) is 38.1 Å². The monoisotopic (exact) mass is 435 g/mol. The van der Waals surface area contributed by atoms with Crippen molar-refractivity contribution in [1.29, 1.82) is 0 Å². The number of nitrogens with zero attached hydrogens (tertiary/aromatic N) is 1. The molecule has 0 aromatic heterocycles. The average Bonchev–Trinajstić information content (AvgIpc) is 3.39. The van der Waals surface area contributed by atoms with E-state index in [0.29, 0.717) is 6.54 Å². The van der Waals surface area contributed by atoms with Crippen molar-refractivity contribution in [3.8, 4) is 5.75 Å². The van der Waals surface area contributed by atoms with Crippen LogP contribution in [0, 0.1) is 0 Å². The molecule has 2 unspecified atom stereocenters. The topological polar surface area (TPSA) is 75.1 Å². The summed E-state index contributed by atoms with van der Waals surface area (Å²) in [6, 6.07) is 9.88. The van der Waals surface area contributed by atoms with Crippen LogP contribution < -0.4 is 15.5 Å². The van der Waals surface area contributed by atoms with Crippen LogP contribution in [0.25, 0.3) is 0 Å². The number of aliphatic hydroxyl groups excluding tert-OH is 1. The lowest BCUT2D eigenvalue weighted by atomic mass is 10.0. The molecule has 0 fully saturated rings. The number of fused-ring (bicyclic) bond motifs is 1. The highest BCUT2D eigenvalue weighted by Crippen LogP contribution is 2.39. The Bertz CT molecular complexity index is 978. The van der Waals surface area contributed by atoms with Gasteiger partial charge in [-0.2, -0.15) is 13.2 Å². The SMILES string of the molecule is CCOc1ccc(C2=NC(c3cccc4c3CCC4NCCO)NO2)cc1C(F)(F)F. The second-order valence-corrected chi connectivity index (χ2v) is 7.38. The lowest BCUT2D eigenvalue weighted by Gasteiger charge is -2.15. The molecule has 2 aromatic carbocycles. The molecule has 0 spiro atoms. The second-order valence-electron chi connectivity index (χ2n) is 7.38. The standard InChI is InChI=1S/C22H24F3N3O3/c1-2-30-19-9-6-13(12-17(19)22(23,24)25)21-27-20(28-31-21)16-5-3-4-15-14(16)7-8-18(15)26-10-11-29/h3-6,9,12,18,20,26,28-29H,2,7-8,10-11H2,1H3. The second kappa shape index (κ2) is 8.86. The van der Waals surface area contributed by atoms with Crippen molar-refractivity contribution in [2.75, 3.05) is 19.8 Å². The molecule has 2 aliphatic rings. The van der Waals surface area contributed by atoms with E-state index in [0.717, 1.165) is 35.6 Å². The molecule has 2 atom stereocenters. The third kappa shape index (κ3) is 4.39. The molecule has 4 rings (SSSR count). The number of nitrogens with one attached hydrogen (secondary N) is 2. The van der Waals surface area contributed by atoms with Gasteiger partial charge in [0.2, 0.25) is 5.90 Å². The lowest BCUT2D eigenvalue weighted by molar-refractivity contribution is -0.138. The molecule has 0 amide bonds. The van der Waals surface area contributed by atoms with Crippen LogP contribution >= 0.6 is 0 Å². The Morgan fingerprint density at radius 2 is 2.06 bits per heavy atom. The molecule has 1 heterocycles. The van der Waals surface area contributed by atoms with Crippen molar-refractivity contribution in [3.05, 3.63) is 64.2 Å². The molecule has 166 valence electrons. The molecule has 1 aliphatic carbocycles. The summed E-state index contributed by atoms with van der Waals surface area (Å²) in [5.41, 5.74) is 5.42. The molecule has 0 radical (unpaired) electrons. The molecule has 0 saturated carbocycles. The summed E-state index contributed by atoms with van der Waals surface area (Å²) in [5.74, 6) is -0.117. The van der Waals surface area contributed by atoms with Gasteiger partial charge in [0.05, 0.1) is 18.8 Å². The molecule has 31 heavy (non-hydrogen) atoms.